The molecule has 0 heterocycles. The second-order valence-corrected chi connectivity index (χ2v) is 3.37. The third-order valence-corrected chi connectivity index (χ3v) is 2.46. The summed E-state index contributed by atoms with van der Waals surface area (Å²) >= 11 is 0. The van der Waals surface area contributed by atoms with Crippen LogP contribution >= 0.6 is 0 Å². The first-order valence-electron chi connectivity index (χ1n) is 4.07. The van der Waals surface area contributed by atoms with Gasteiger partial charge >= 0.3 is 6.18 Å². The van der Waals surface area contributed by atoms with E-state index in [1.165, 1.54) is 7.11 Å². The van der Waals surface area contributed by atoms with Crippen molar-refractivity contribution >= 4 is 0 Å². The normalized spacial score (nSPS) is 21.0. The lowest BCUT2D eigenvalue weighted by Gasteiger charge is -2.18. The van der Waals surface area contributed by atoms with Gasteiger partial charge in [-0.2, -0.15) is 13.2 Å². The molecule has 1 aliphatic rings. The largest absolute Gasteiger partial charge is 0.394 e. The van der Waals surface area contributed by atoms with Crippen LogP contribution in [0.15, 0.2) is 0 Å². The summed E-state index contributed by atoms with van der Waals surface area (Å²) in [4.78, 5) is 0. The predicted octanol–water partition coefficient (Wildman–Crippen LogP) is 2.76. The van der Waals surface area contributed by atoms with E-state index in [1.807, 2.05) is 0 Å². The molecule has 0 atom stereocenters. The lowest BCUT2D eigenvalue weighted by molar-refractivity contribution is -0.189. The van der Waals surface area contributed by atoms with Gasteiger partial charge in [-0.3, -0.25) is 0 Å². The Balaban J connectivity index is 2.30. The van der Waals surface area contributed by atoms with Crippen LogP contribution in [0.5, 0.6) is 0 Å². The van der Waals surface area contributed by atoms with Crippen molar-refractivity contribution in [3.63, 3.8) is 0 Å². The Morgan fingerprint density at radius 1 is 1.33 bits per heavy atom. The maximum Gasteiger partial charge on any atom is 0.394 e. The molecule has 0 aromatic rings. The van der Waals surface area contributed by atoms with Gasteiger partial charge in [0.25, 0.3) is 0 Å². The molecule has 1 nitrogen and oxygen atoms in total. The Morgan fingerprint density at radius 3 is 2.25 bits per heavy atom. The van der Waals surface area contributed by atoms with Gasteiger partial charge in [0.1, 0.15) is 0 Å². The molecule has 0 radical (unpaired) electrons. The highest BCUT2D eigenvalue weighted by Crippen LogP contribution is 2.60. The molecule has 12 heavy (non-hydrogen) atoms. The van der Waals surface area contributed by atoms with Crippen LogP contribution in [0.4, 0.5) is 13.2 Å². The molecule has 1 fully saturated rings. The summed E-state index contributed by atoms with van der Waals surface area (Å²) in [5, 5.41) is 0. The maximum absolute atomic E-state index is 12.3. The van der Waals surface area contributed by atoms with Crippen molar-refractivity contribution in [2.24, 2.45) is 5.41 Å². The van der Waals surface area contributed by atoms with Gasteiger partial charge in [-0.25, -0.2) is 0 Å². The standard InChI is InChI=1S/C8H13F3O/c1-12-6-2-3-7(4-5-7)8(9,10)11/h2-6H2,1H3. The van der Waals surface area contributed by atoms with Crippen LogP contribution in [0.1, 0.15) is 25.7 Å². The Kier molecular flexibility index (Phi) is 2.66. The van der Waals surface area contributed by atoms with Crippen molar-refractivity contribution in [1.82, 2.24) is 0 Å². The molecular formula is C8H13F3O. The van der Waals surface area contributed by atoms with E-state index in [0.29, 0.717) is 25.9 Å². The van der Waals surface area contributed by atoms with Gasteiger partial charge in [0.15, 0.2) is 0 Å². The highest BCUT2D eigenvalue weighted by atomic mass is 19.4. The molecule has 0 aromatic heterocycles. The van der Waals surface area contributed by atoms with E-state index in [-0.39, 0.29) is 6.42 Å². The van der Waals surface area contributed by atoms with E-state index in [2.05, 4.69) is 0 Å². The summed E-state index contributed by atoms with van der Waals surface area (Å²) in [6, 6.07) is 0. The molecule has 72 valence electrons. The number of halogens is 3. The van der Waals surface area contributed by atoms with Gasteiger partial charge in [0.05, 0.1) is 5.41 Å². The SMILES string of the molecule is COCCCC1(C(F)(F)F)CC1. The van der Waals surface area contributed by atoms with E-state index in [0.717, 1.165) is 0 Å². The van der Waals surface area contributed by atoms with Gasteiger partial charge in [-0.1, -0.05) is 0 Å². The monoisotopic (exact) mass is 182 g/mol. The minimum Gasteiger partial charge on any atom is -0.385 e. The predicted molar refractivity (Wildman–Crippen MR) is 38.8 cm³/mol. The van der Waals surface area contributed by atoms with Crippen LogP contribution < -0.4 is 0 Å². The Bertz CT molecular complexity index is 149. The Labute approximate surface area is 69.9 Å². The topological polar surface area (TPSA) is 9.23 Å². The summed E-state index contributed by atoms with van der Waals surface area (Å²) in [7, 11) is 1.51. The van der Waals surface area contributed by atoms with Crippen LogP contribution in [0.2, 0.25) is 0 Å². The molecular weight excluding hydrogens is 169 g/mol. The molecule has 0 aliphatic heterocycles. The van der Waals surface area contributed by atoms with E-state index in [9.17, 15) is 13.2 Å². The number of rotatable bonds is 4. The third kappa shape index (κ3) is 1.91. The minimum atomic E-state index is -4.00. The molecule has 0 bridgehead atoms. The van der Waals surface area contributed by atoms with E-state index in [1.54, 1.807) is 0 Å². The smallest absolute Gasteiger partial charge is 0.385 e. The molecule has 1 saturated carbocycles. The molecule has 0 saturated heterocycles. The summed E-state index contributed by atoms with van der Waals surface area (Å²) in [6.45, 7) is 0.428. The fourth-order valence-corrected chi connectivity index (χ4v) is 1.38. The van der Waals surface area contributed by atoms with Crippen molar-refractivity contribution < 1.29 is 17.9 Å². The minimum absolute atomic E-state index is 0.227. The Morgan fingerprint density at radius 2 is 1.92 bits per heavy atom. The molecule has 1 aliphatic carbocycles. The fraction of sp³-hybridized carbons (Fsp3) is 1.00. The van der Waals surface area contributed by atoms with Gasteiger partial charge in [-0.15, -0.1) is 0 Å². The number of alkyl halides is 3. The van der Waals surface area contributed by atoms with E-state index >= 15 is 0 Å². The van der Waals surface area contributed by atoms with Crippen molar-refractivity contribution in [2.45, 2.75) is 31.9 Å². The van der Waals surface area contributed by atoms with E-state index in [4.69, 9.17) is 4.74 Å². The van der Waals surface area contributed by atoms with Gasteiger partial charge in [0, 0.05) is 13.7 Å². The summed E-state index contributed by atoms with van der Waals surface area (Å²) in [6.07, 6.45) is -2.65. The first-order chi connectivity index (χ1) is 5.52. The van der Waals surface area contributed by atoms with Crippen LogP contribution in [-0.4, -0.2) is 19.9 Å². The van der Waals surface area contributed by atoms with Gasteiger partial charge < -0.3 is 4.74 Å². The third-order valence-electron chi connectivity index (χ3n) is 2.46. The molecule has 1 rings (SSSR count). The molecule has 0 unspecified atom stereocenters. The average molecular weight is 182 g/mol. The molecule has 0 aromatic carbocycles. The number of ether oxygens (including phenoxy) is 1. The second kappa shape index (κ2) is 3.24. The van der Waals surface area contributed by atoms with Crippen molar-refractivity contribution in [1.29, 1.82) is 0 Å². The maximum atomic E-state index is 12.3. The molecule has 0 spiro atoms. The second-order valence-electron chi connectivity index (χ2n) is 3.37. The molecule has 0 N–H and O–H groups in total. The zero-order valence-corrected chi connectivity index (χ0v) is 7.08. The average Bonchev–Trinajstić information content (AvgIpc) is 2.67. The summed E-state index contributed by atoms with van der Waals surface area (Å²) < 4.78 is 41.6. The van der Waals surface area contributed by atoms with Crippen molar-refractivity contribution in [2.75, 3.05) is 13.7 Å². The highest BCUT2D eigenvalue weighted by molar-refractivity contribution is 4.98. The van der Waals surface area contributed by atoms with Crippen molar-refractivity contribution in [3.8, 4) is 0 Å². The van der Waals surface area contributed by atoms with Gasteiger partial charge in [0.2, 0.25) is 0 Å². The lowest BCUT2D eigenvalue weighted by atomic mass is 10.0. The molecule has 0 amide bonds. The number of hydrogen-bond donors (Lipinski definition) is 0. The van der Waals surface area contributed by atoms with Crippen LogP contribution in [0, 0.1) is 5.41 Å². The van der Waals surface area contributed by atoms with Crippen LogP contribution in [0.25, 0.3) is 0 Å². The zero-order chi connectivity index (χ0) is 9.24. The lowest BCUT2D eigenvalue weighted by Crippen LogP contribution is -2.24. The molecule has 4 heteroatoms. The summed E-state index contributed by atoms with van der Waals surface area (Å²) in [5.74, 6) is 0. The highest BCUT2D eigenvalue weighted by Gasteiger charge is 2.62. The van der Waals surface area contributed by atoms with Gasteiger partial charge in [-0.05, 0) is 25.7 Å². The Hall–Kier alpha value is -0.250. The number of methoxy groups -OCH3 is 1. The van der Waals surface area contributed by atoms with Crippen LogP contribution in [-0.2, 0) is 4.74 Å². The van der Waals surface area contributed by atoms with Crippen LogP contribution in [0.3, 0.4) is 0 Å². The van der Waals surface area contributed by atoms with E-state index < -0.39 is 11.6 Å². The fourth-order valence-electron chi connectivity index (χ4n) is 1.38. The first kappa shape index (κ1) is 9.84. The number of hydrogen-bond acceptors (Lipinski definition) is 1. The summed E-state index contributed by atoms with van der Waals surface area (Å²) in [5.41, 5.74) is -1.34. The first-order valence-corrected chi connectivity index (χ1v) is 4.07. The quantitative estimate of drug-likeness (QED) is 0.607. The zero-order valence-electron chi connectivity index (χ0n) is 7.08. The van der Waals surface area contributed by atoms with Crippen molar-refractivity contribution in [3.05, 3.63) is 0 Å².